The Morgan fingerprint density at radius 2 is 0.741 bits per heavy atom. The van der Waals surface area contributed by atoms with Gasteiger partial charge in [0.05, 0.1) is 0 Å². The van der Waals surface area contributed by atoms with Gasteiger partial charge in [-0.15, -0.1) is 0 Å². The number of benzene rings is 4. The van der Waals surface area contributed by atoms with E-state index in [4.69, 9.17) is 4.74 Å². The fourth-order valence-electron chi connectivity index (χ4n) is 2.61. The molecule has 0 aromatic heterocycles. The average Bonchev–Trinajstić information content (AvgIpc) is 2.73. The predicted octanol–water partition coefficient (Wildman–Crippen LogP) is 7.45. The number of rotatable bonds is 3. The van der Waals surface area contributed by atoms with E-state index in [1.165, 1.54) is 22.3 Å². The van der Waals surface area contributed by atoms with E-state index in [1.54, 1.807) is 0 Å². The average molecular weight is 352 g/mol. The van der Waals surface area contributed by atoms with Crippen LogP contribution in [-0.2, 0) is 0 Å². The Morgan fingerprint density at radius 1 is 0.407 bits per heavy atom. The van der Waals surface area contributed by atoms with Gasteiger partial charge in [-0.3, -0.25) is 0 Å². The van der Waals surface area contributed by atoms with Crippen LogP contribution in [0.15, 0.2) is 109 Å². The molecule has 4 aromatic rings. The Morgan fingerprint density at radius 3 is 1.07 bits per heavy atom. The van der Waals surface area contributed by atoms with Crippen LogP contribution >= 0.6 is 0 Å². The molecule has 1 nitrogen and oxygen atoms in total. The topological polar surface area (TPSA) is 9.23 Å². The number of hydrogen-bond acceptors (Lipinski definition) is 1. The van der Waals surface area contributed by atoms with Crippen LogP contribution in [0.3, 0.4) is 0 Å². The normalized spacial score (nSPS) is 9.85. The maximum Gasteiger partial charge on any atom is 0.127 e. The molecule has 134 valence electrons. The molecular weight excluding hydrogens is 328 g/mol. The molecule has 0 saturated carbocycles. The van der Waals surface area contributed by atoms with Gasteiger partial charge in [0, 0.05) is 0 Å². The summed E-state index contributed by atoms with van der Waals surface area (Å²) in [6.45, 7) is 4.13. The smallest absolute Gasteiger partial charge is 0.127 e. The number of hydrogen-bond donors (Lipinski definition) is 0. The Hall–Kier alpha value is -3.32. The summed E-state index contributed by atoms with van der Waals surface area (Å²) in [6, 6.07) is 36.9. The molecule has 0 atom stereocenters. The second kappa shape index (κ2) is 9.40. The van der Waals surface area contributed by atoms with E-state index in [-0.39, 0.29) is 0 Å². The highest BCUT2D eigenvalue weighted by Crippen LogP contribution is 2.21. The number of ether oxygens (including phenoxy) is 1. The molecule has 0 radical (unpaired) electrons. The highest BCUT2D eigenvalue weighted by molar-refractivity contribution is 5.62. The zero-order valence-corrected chi connectivity index (χ0v) is 15.8. The highest BCUT2D eigenvalue weighted by Gasteiger charge is 1.96. The lowest BCUT2D eigenvalue weighted by molar-refractivity contribution is 0.482. The van der Waals surface area contributed by atoms with Crippen LogP contribution < -0.4 is 4.74 Å². The van der Waals surface area contributed by atoms with Gasteiger partial charge in [0.15, 0.2) is 0 Å². The van der Waals surface area contributed by atoms with Gasteiger partial charge < -0.3 is 4.74 Å². The van der Waals surface area contributed by atoms with Crippen molar-refractivity contribution in [3.63, 3.8) is 0 Å². The monoisotopic (exact) mass is 352 g/mol. The van der Waals surface area contributed by atoms with Gasteiger partial charge in [0.2, 0.25) is 0 Å². The van der Waals surface area contributed by atoms with E-state index < -0.39 is 0 Å². The van der Waals surface area contributed by atoms with Crippen LogP contribution in [-0.4, -0.2) is 0 Å². The van der Waals surface area contributed by atoms with Crippen molar-refractivity contribution < 1.29 is 4.74 Å². The number of aryl methyl sites for hydroxylation is 2. The molecule has 0 amide bonds. The van der Waals surface area contributed by atoms with Crippen LogP contribution in [0.25, 0.3) is 11.1 Å². The van der Waals surface area contributed by atoms with E-state index in [0.717, 1.165) is 11.5 Å². The Labute approximate surface area is 161 Å². The van der Waals surface area contributed by atoms with Gasteiger partial charge in [0.1, 0.15) is 11.5 Å². The summed E-state index contributed by atoms with van der Waals surface area (Å²) in [4.78, 5) is 0. The standard InChI is InChI=1S/C14H14O.C12H10/c1-11-3-7-13(8-4-11)15-14-9-5-12(2)6-10-14;1-3-7-11(8-4-1)12-9-5-2-6-10-12/h3-10H,1-2H3;1-10H. The third-order valence-electron chi connectivity index (χ3n) is 4.16. The molecule has 0 N–H and O–H groups in total. The summed E-state index contributed by atoms with van der Waals surface area (Å²) in [6.07, 6.45) is 0. The van der Waals surface area contributed by atoms with Gasteiger partial charge in [-0.2, -0.15) is 0 Å². The van der Waals surface area contributed by atoms with Crippen molar-refractivity contribution in [2.24, 2.45) is 0 Å². The van der Waals surface area contributed by atoms with E-state index in [2.05, 4.69) is 62.4 Å². The molecule has 0 spiro atoms. The van der Waals surface area contributed by atoms with E-state index in [0.29, 0.717) is 0 Å². The van der Waals surface area contributed by atoms with Crippen LogP contribution in [0.4, 0.5) is 0 Å². The maximum absolute atomic E-state index is 5.69. The van der Waals surface area contributed by atoms with Crippen molar-refractivity contribution in [2.45, 2.75) is 13.8 Å². The Bertz CT molecular complexity index is 844. The van der Waals surface area contributed by atoms with Gasteiger partial charge in [-0.1, -0.05) is 96.1 Å². The molecule has 4 aromatic carbocycles. The van der Waals surface area contributed by atoms with Crippen molar-refractivity contribution in [3.05, 3.63) is 120 Å². The van der Waals surface area contributed by atoms with Crippen molar-refractivity contribution in [3.8, 4) is 22.6 Å². The summed E-state index contributed by atoms with van der Waals surface area (Å²) in [7, 11) is 0. The molecule has 0 heterocycles. The quantitative estimate of drug-likeness (QED) is 0.372. The third-order valence-corrected chi connectivity index (χ3v) is 4.16. The van der Waals surface area contributed by atoms with Crippen LogP contribution in [0.5, 0.6) is 11.5 Å². The molecule has 27 heavy (non-hydrogen) atoms. The molecule has 1 heteroatoms. The van der Waals surface area contributed by atoms with E-state index in [9.17, 15) is 0 Å². The SMILES string of the molecule is Cc1ccc(Oc2ccc(C)cc2)cc1.c1ccc(-c2ccccc2)cc1. The fourth-order valence-corrected chi connectivity index (χ4v) is 2.61. The summed E-state index contributed by atoms with van der Waals surface area (Å²) < 4.78 is 5.69. The summed E-state index contributed by atoms with van der Waals surface area (Å²) in [5.74, 6) is 1.76. The first-order valence-corrected chi connectivity index (χ1v) is 9.12. The van der Waals surface area contributed by atoms with Crippen molar-refractivity contribution in [1.82, 2.24) is 0 Å². The minimum Gasteiger partial charge on any atom is -0.457 e. The lowest BCUT2D eigenvalue weighted by Gasteiger charge is -2.05. The van der Waals surface area contributed by atoms with Crippen LogP contribution in [0.2, 0.25) is 0 Å². The fraction of sp³-hybridized carbons (Fsp3) is 0.0769. The highest BCUT2D eigenvalue weighted by atomic mass is 16.5. The van der Waals surface area contributed by atoms with Crippen LogP contribution in [0.1, 0.15) is 11.1 Å². The van der Waals surface area contributed by atoms with E-state index in [1.807, 2.05) is 60.7 Å². The van der Waals surface area contributed by atoms with Crippen molar-refractivity contribution in [1.29, 1.82) is 0 Å². The Kier molecular flexibility index (Phi) is 6.43. The summed E-state index contributed by atoms with van der Waals surface area (Å²) >= 11 is 0. The molecule has 0 fully saturated rings. The van der Waals surface area contributed by atoms with E-state index >= 15 is 0 Å². The zero-order valence-electron chi connectivity index (χ0n) is 15.8. The van der Waals surface area contributed by atoms with Gasteiger partial charge in [-0.25, -0.2) is 0 Å². The minimum absolute atomic E-state index is 0.879. The summed E-state index contributed by atoms with van der Waals surface area (Å²) in [5.41, 5.74) is 5.04. The van der Waals surface area contributed by atoms with Crippen LogP contribution in [0, 0.1) is 13.8 Å². The van der Waals surface area contributed by atoms with Crippen molar-refractivity contribution in [2.75, 3.05) is 0 Å². The summed E-state index contributed by atoms with van der Waals surface area (Å²) in [5, 5.41) is 0. The largest absolute Gasteiger partial charge is 0.457 e. The third kappa shape index (κ3) is 5.86. The van der Waals surface area contributed by atoms with Gasteiger partial charge in [0.25, 0.3) is 0 Å². The second-order valence-electron chi connectivity index (χ2n) is 6.46. The first-order chi connectivity index (χ1) is 13.2. The second-order valence-corrected chi connectivity index (χ2v) is 6.46. The maximum atomic E-state index is 5.69. The minimum atomic E-state index is 0.879. The molecule has 0 aliphatic carbocycles. The molecule has 4 rings (SSSR count). The van der Waals surface area contributed by atoms with Crippen molar-refractivity contribution >= 4 is 0 Å². The Balaban J connectivity index is 0.000000159. The lowest BCUT2D eigenvalue weighted by Crippen LogP contribution is -1.84. The first kappa shape index (κ1) is 18.5. The first-order valence-electron chi connectivity index (χ1n) is 9.12. The zero-order chi connectivity index (χ0) is 18.9. The predicted molar refractivity (Wildman–Crippen MR) is 114 cm³/mol. The molecule has 0 aliphatic heterocycles. The van der Waals surface area contributed by atoms with Gasteiger partial charge in [-0.05, 0) is 49.2 Å². The van der Waals surface area contributed by atoms with Gasteiger partial charge >= 0.3 is 0 Å². The lowest BCUT2D eigenvalue weighted by atomic mass is 10.1. The molecule has 0 aliphatic rings. The molecular formula is C26H24O. The molecule has 0 unspecified atom stereocenters. The molecule has 0 bridgehead atoms. The molecule has 0 saturated heterocycles.